The molecule has 0 saturated carbocycles. The number of nitrogens with one attached hydrogen (secondary N) is 1. The first-order chi connectivity index (χ1) is 8.65. The Balaban J connectivity index is 2.11. The summed E-state index contributed by atoms with van der Waals surface area (Å²) < 4.78 is 5.93. The van der Waals surface area contributed by atoms with Crippen molar-refractivity contribution in [3.05, 3.63) is 23.9 Å². The number of nitrogens with zero attached hydrogens (tertiary/aromatic N) is 1. The van der Waals surface area contributed by atoms with Gasteiger partial charge >= 0.3 is 0 Å². The van der Waals surface area contributed by atoms with E-state index in [1.807, 2.05) is 12.1 Å². The van der Waals surface area contributed by atoms with Crippen LogP contribution in [-0.2, 0) is 11.2 Å². The summed E-state index contributed by atoms with van der Waals surface area (Å²) in [7, 11) is 0. The minimum absolute atomic E-state index is 0.0456. The maximum absolute atomic E-state index is 5.93. The van der Waals surface area contributed by atoms with Crippen molar-refractivity contribution >= 4 is 5.82 Å². The lowest BCUT2D eigenvalue weighted by atomic mass is 9.85. The summed E-state index contributed by atoms with van der Waals surface area (Å²) in [5.41, 5.74) is 9.54. The molecule has 1 aromatic rings. The molecular formula is C13H22N4O. The molecule has 1 aliphatic rings. The molecule has 0 bridgehead atoms. The first-order valence-electron chi connectivity index (χ1n) is 6.45. The molecule has 5 nitrogen and oxygen atoms in total. The van der Waals surface area contributed by atoms with Gasteiger partial charge in [-0.2, -0.15) is 0 Å². The lowest BCUT2D eigenvalue weighted by Crippen LogP contribution is -2.55. The molecule has 2 atom stereocenters. The van der Waals surface area contributed by atoms with Gasteiger partial charge in [-0.3, -0.25) is 11.3 Å². The number of anilines is 1. The Morgan fingerprint density at radius 3 is 3.00 bits per heavy atom. The van der Waals surface area contributed by atoms with Crippen LogP contribution in [0.2, 0.25) is 0 Å². The van der Waals surface area contributed by atoms with Gasteiger partial charge in [0, 0.05) is 12.8 Å². The van der Waals surface area contributed by atoms with Crippen molar-refractivity contribution in [1.82, 2.24) is 10.4 Å². The summed E-state index contributed by atoms with van der Waals surface area (Å²) >= 11 is 0. The largest absolute Gasteiger partial charge is 0.383 e. The van der Waals surface area contributed by atoms with Crippen molar-refractivity contribution in [2.45, 2.75) is 44.2 Å². The van der Waals surface area contributed by atoms with Gasteiger partial charge in [-0.15, -0.1) is 0 Å². The topological polar surface area (TPSA) is 86.2 Å². The summed E-state index contributed by atoms with van der Waals surface area (Å²) in [6, 6.07) is 3.92. The van der Waals surface area contributed by atoms with Gasteiger partial charge in [0.05, 0.1) is 11.6 Å². The molecule has 2 rings (SSSR count). The molecule has 2 unspecified atom stereocenters. The van der Waals surface area contributed by atoms with Crippen LogP contribution >= 0.6 is 0 Å². The van der Waals surface area contributed by atoms with Crippen LogP contribution in [0.25, 0.3) is 0 Å². The van der Waals surface area contributed by atoms with Gasteiger partial charge in [-0.05, 0) is 44.2 Å². The van der Waals surface area contributed by atoms with Crippen molar-refractivity contribution in [1.29, 1.82) is 0 Å². The highest BCUT2D eigenvalue weighted by molar-refractivity contribution is 5.39. The Morgan fingerprint density at radius 2 is 2.39 bits per heavy atom. The predicted octanol–water partition coefficient (Wildman–Crippen LogP) is 0.997. The van der Waals surface area contributed by atoms with E-state index in [0.29, 0.717) is 5.82 Å². The number of rotatable bonds is 4. The van der Waals surface area contributed by atoms with E-state index >= 15 is 0 Å². The molecular weight excluding hydrogens is 228 g/mol. The highest BCUT2D eigenvalue weighted by Gasteiger charge is 2.36. The standard InChI is InChI=1S/C13H22N4O/c1-13(6-2-3-8-18-13)11(17-15)9-10-5-4-7-16-12(10)14/h4-5,7,11,17H,2-3,6,8-9,15H2,1H3,(H2,14,16). The Kier molecular flexibility index (Phi) is 4.16. The van der Waals surface area contributed by atoms with Gasteiger partial charge in [-0.25, -0.2) is 4.98 Å². The van der Waals surface area contributed by atoms with E-state index < -0.39 is 0 Å². The summed E-state index contributed by atoms with van der Waals surface area (Å²) in [6.45, 7) is 2.92. The quantitative estimate of drug-likeness (QED) is 0.548. The molecule has 5 N–H and O–H groups in total. The zero-order valence-electron chi connectivity index (χ0n) is 10.9. The first-order valence-corrected chi connectivity index (χ1v) is 6.45. The number of nitrogen functional groups attached to an aromatic ring is 1. The third kappa shape index (κ3) is 2.80. The summed E-state index contributed by atoms with van der Waals surface area (Å²) in [6.07, 6.45) is 5.75. The number of pyridine rings is 1. The number of hydrogen-bond acceptors (Lipinski definition) is 5. The van der Waals surface area contributed by atoms with E-state index in [1.165, 1.54) is 6.42 Å². The monoisotopic (exact) mass is 250 g/mol. The molecule has 0 spiro atoms. The summed E-state index contributed by atoms with van der Waals surface area (Å²) in [4.78, 5) is 4.10. The minimum Gasteiger partial charge on any atom is -0.383 e. The number of aromatic nitrogens is 1. The fraction of sp³-hybridized carbons (Fsp3) is 0.615. The van der Waals surface area contributed by atoms with Crippen molar-refractivity contribution in [2.75, 3.05) is 12.3 Å². The Labute approximate surface area is 108 Å². The molecule has 0 radical (unpaired) electrons. The maximum atomic E-state index is 5.93. The molecule has 0 aromatic carbocycles. The van der Waals surface area contributed by atoms with Crippen LogP contribution in [0.1, 0.15) is 31.7 Å². The fourth-order valence-corrected chi connectivity index (χ4v) is 2.52. The normalized spacial score (nSPS) is 25.9. The molecule has 100 valence electrons. The summed E-state index contributed by atoms with van der Waals surface area (Å²) in [5.74, 6) is 6.26. The summed E-state index contributed by atoms with van der Waals surface area (Å²) in [5, 5.41) is 0. The second-order valence-electron chi connectivity index (χ2n) is 5.09. The molecule has 1 aliphatic heterocycles. The van der Waals surface area contributed by atoms with Crippen molar-refractivity contribution in [2.24, 2.45) is 5.84 Å². The van der Waals surface area contributed by atoms with E-state index in [1.54, 1.807) is 6.20 Å². The van der Waals surface area contributed by atoms with Crippen LogP contribution in [0.15, 0.2) is 18.3 Å². The van der Waals surface area contributed by atoms with Gasteiger partial charge in [0.1, 0.15) is 5.82 Å². The van der Waals surface area contributed by atoms with Gasteiger partial charge in [0.15, 0.2) is 0 Å². The lowest BCUT2D eigenvalue weighted by Gasteiger charge is -2.40. The zero-order chi connectivity index (χ0) is 13.0. The molecule has 0 aliphatic carbocycles. The van der Waals surface area contributed by atoms with Crippen LogP contribution in [0.3, 0.4) is 0 Å². The van der Waals surface area contributed by atoms with E-state index in [0.717, 1.165) is 31.4 Å². The van der Waals surface area contributed by atoms with Gasteiger partial charge in [0.25, 0.3) is 0 Å². The van der Waals surface area contributed by atoms with Gasteiger partial charge in [0.2, 0.25) is 0 Å². The maximum Gasteiger partial charge on any atom is 0.126 e. The highest BCUT2D eigenvalue weighted by atomic mass is 16.5. The average Bonchev–Trinajstić information content (AvgIpc) is 2.38. The molecule has 1 saturated heterocycles. The number of nitrogens with two attached hydrogens (primary N) is 2. The van der Waals surface area contributed by atoms with Gasteiger partial charge < -0.3 is 10.5 Å². The molecule has 1 fully saturated rings. The SMILES string of the molecule is CC1(C(Cc2cccnc2N)NN)CCCCO1. The van der Waals surface area contributed by atoms with Crippen LogP contribution in [0.4, 0.5) is 5.82 Å². The number of ether oxygens (including phenoxy) is 1. The van der Waals surface area contributed by atoms with Crippen LogP contribution in [-0.4, -0.2) is 23.2 Å². The molecule has 2 heterocycles. The highest BCUT2D eigenvalue weighted by Crippen LogP contribution is 2.29. The van der Waals surface area contributed by atoms with E-state index in [-0.39, 0.29) is 11.6 Å². The lowest BCUT2D eigenvalue weighted by molar-refractivity contribution is -0.0884. The second kappa shape index (κ2) is 5.65. The third-order valence-electron chi connectivity index (χ3n) is 3.79. The Morgan fingerprint density at radius 1 is 1.56 bits per heavy atom. The van der Waals surface area contributed by atoms with Crippen molar-refractivity contribution in [3.8, 4) is 0 Å². The van der Waals surface area contributed by atoms with E-state index in [4.69, 9.17) is 16.3 Å². The second-order valence-corrected chi connectivity index (χ2v) is 5.09. The smallest absolute Gasteiger partial charge is 0.126 e. The van der Waals surface area contributed by atoms with Crippen LogP contribution in [0, 0.1) is 0 Å². The van der Waals surface area contributed by atoms with Crippen molar-refractivity contribution < 1.29 is 4.74 Å². The predicted molar refractivity (Wildman–Crippen MR) is 71.7 cm³/mol. The first kappa shape index (κ1) is 13.3. The van der Waals surface area contributed by atoms with Crippen LogP contribution < -0.4 is 17.0 Å². The number of hydrogen-bond donors (Lipinski definition) is 3. The Bertz CT molecular complexity index is 390. The van der Waals surface area contributed by atoms with Crippen molar-refractivity contribution in [3.63, 3.8) is 0 Å². The van der Waals surface area contributed by atoms with Gasteiger partial charge in [-0.1, -0.05) is 6.07 Å². The third-order valence-corrected chi connectivity index (χ3v) is 3.79. The molecule has 0 amide bonds. The number of hydrazine groups is 1. The van der Waals surface area contributed by atoms with Crippen LogP contribution in [0.5, 0.6) is 0 Å². The molecule has 18 heavy (non-hydrogen) atoms. The zero-order valence-corrected chi connectivity index (χ0v) is 10.9. The minimum atomic E-state index is -0.227. The average molecular weight is 250 g/mol. The van der Waals surface area contributed by atoms with E-state index in [2.05, 4.69) is 17.3 Å². The molecule has 5 heteroatoms. The van der Waals surface area contributed by atoms with E-state index in [9.17, 15) is 0 Å². The molecule has 1 aromatic heterocycles. The Hall–Kier alpha value is -1.17. The fourth-order valence-electron chi connectivity index (χ4n) is 2.52.